The van der Waals surface area contributed by atoms with Crippen molar-refractivity contribution in [3.8, 4) is 119 Å². The molecule has 0 fully saturated rings. The van der Waals surface area contributed by atoms with Gasteiger partial charge in [-0.05, 0) is 219 Å². The Balaban J connectivity index is 0.000000167. The number of imidazole rings is 3. The Labute approximate surface area is 611 Å². The van der Waals surface area contributed by atoms with E-state index in [1.165, 1.54) is 11.4 Å². The van der Waals surface area contributed by atoms with Gasteiger partial charge in [-0.2, -0.15) is 0 Å². The molecule has 3 aromatic heterocycles. The van der Waals surface area contributed by atoms with Crippen LogP contribution in [-0.4, -0.2) is 127 Å². The number of aromatic amines is 1. The Morgan fingerprint density at radius 2 is 0.602 bits per heavy atom. The van der Waals surface area contributed by atoms with Gasteiger partial charge in [0.25, 0.3) is 0 Å². The molecule has 103 heavy (non-hydrogen) atoms. The Bertz CT molecular complexity index is 4720. The van der Waals surface area contributed by atoms with E-state index < -0.39 is 0 Å². The maximum Gasteiger partial charge on any atom is 0.141 e. The monoisotopic (exact) mass is 1380 g/mol. The predicted octanol–water partition coefficient (Wildman–Crippen LogP) is 19.7. The third kappa shape index (κ3) is 16.1. The second kappa shape index (κ2) is 32.2. The minimum absolute atomic E-state index is 0.333. The number of nitrogens with zero attached hydrogens (tertiary/aromatic N) is 11. The second-order valence-corrected chi connectivity index (χ2v) is 27.5. The van der Waals surface area contributed by atoms with Gasteiger partial charge in [0, 0.05) is 180 Å². The largest absolute Gasteiger partial charge is 0.507 e. The number of anilines is 6. The van der Waals surface area contributed by atoms with Crippen molar-refractivity contribution in [2.24, 2.45) is 7.05 Å². The highest BCUT2D eigenvalue weighted by molar-refractivity contribution is 5.87. The van der Waals surface area contributed by atoms with Gasteiger partial charge < -0.3 is 58.8 Å². The quantitative estimate of drug-likeness (QED) is 0.0576. The third-order valence-corrected chi connectivity index (χ3v) is 19.5. The number of aryl methyl sites for hydroxylation is 6. The van der Waals surface area contributed by atoms with Crippen LogP contribution in [0.3, 0.4) is 0 Å². The Morgan fingerprint density at radius 3 is 0.942 bits per heavy atom. The van der Waals surface area contributed by atoms with Crippen LogP contribution in [0.15, 0.2) is 182 Å². The fraction of sp³-hybridized carbons (Fsp3) is 0.284. The minimum atomic E-state index is 0.333. The maximum absolute atomic E-state index is 10.4. The van der Waals surface area contributed by atoms with Crippen LogP contribution < -0.4 is 29.4 Å². The van der Waals surface area contributed by atoms with E-state index in [4.69, 9.17) is 15.0 Å². The van der Waals surface area contributed by atoms with Crippen molar-refractivity contribution in [1.29, 1.82) is 0 Å². The van der Waals surface area contributed by atoms with Crippen LogP contribution in [0.4, 0.5) is 34.1 Å². The van der Waals surface area contributed by atoms with Gasteiger partial charge in [-0.3, -0.25) is 0 Å². The number of nitrogens with one attached hydrogen (secondary N) is 1. The molecule has 0 bridgehead atoms. The van der Waals surface area contributed by atoms with E-state index >= 15 is 0 Å². The maximum atomic E-state index is 10.4. The number of phenolic OH excluding ortho intramolecular Hbond substituents is 3. The van der Waals surface area contributed by atoms with Crippen molar-refractivity contribution in [1.82, 2.24) is 29.1 Å². The third-order valence-electron chi connectivity index (χ3n) is 19.5. The predicted molar refractivity (Wildman–Crippen MR) is 436 cm³/mol. The van der Waals surface area contributed by atoms with Gasteiger partial charge in [0.1, 0.15) is 34.7 Å². The van der Waals surface area contributed by atoms with Gasteiger partial charge in [-0.1, -0.05) is 72.8 Å². The highest BCUT2D eigenvalue weighted by atomic mass is 16.3. The summed E-state index contributed by atoms with van der Waals surface area (Å²) in [6, 6.07) is 63.7. The highest BCUT2D eigenvalue weighted by Gasteiger charge is 2.25. The topological polar surface area (TPSA) is 144 Å². The standard InChI is InChI=1S/C33H42N4O.C28H32N4O.C27H30N4O/c1-8-35(9-2)28-17-13-25(14-18-28)30-31(26-15-19-29(20-16-26)36(10-3)11-4)37(12-5)33(34-30)27-21-23(6)32(38)24(7)22-27;1-18-16-22(17-19(2)27(18)33)28-29-25(20-8-12-23(13-9-20)30(3)4)26(32(28)7)21-10-14-24(15-11-21)31(5)6;1-17-15-21(16-18(2)26(17)32)27-28-24(19-7-11-22(12-8-19)30(3)4)25(29-27)20-9-13-23(14-10-20)31(5)6/h13-22,38H,8-12H2,1-7H3;8-17,33H,1-7H3;7-16,32H,1-6H3,(H,28,29). The summed E-state index contributed by atoms with van der Waals surface area (Å²) in [6.45, 7) is 27.2. The Morgan fingerprint density at radius 1 is 0.320 bits per heavy atom. The zero-order valence-corrected chi connectivity index (χ0v) is 64.1. The normalized spacial score (nSPS) is 11.0. The summed E-state index contributed by atoms with van der Waals surface area (Å²) >= 11 is 0. The van der Waals surface area contributed by atoms with E-state index in [0.29, 0.717) is 17.2 Å². The number of hydrogen-bond donors (Lipinski definition) is 4. The number of rotatable bonds is 20. The van der Waals surface area contributed by atoms with Crippen LogP contribution in [0.25, 0.3) is 102 Å². The Kier molecular flexibility index (Phi) is 23.3. The van der Waals surface area contributed by atoms with Crippen LogP contribution in [0.1, 0.15) is 68.0 Å². The zero-order valence-electron chi connectivity index (χ0n) is 64.1. The summed E-state index contributed by atoms with van der Waals surface area (Å²) in [5, 5.41) is 30.9. The van der Waals surface area contributed by atoms with Crippen molar-refractivity contribution < 1.29 is 15.3 Å². The molecule has 3 heterocycles. The molecule has 15 nitrogen and oxygen atoms in total. The highest BCUT2D eigenvalue weighted by Crippen LogP contribution is 2.42. The molecule has 4 N–H and O–H groups in total. The summed E-state index contributed by atoms with van der Waals surface area (Å²) in [4.78, 5) is 32.1. The first-order valence-corrected chi connectivity index (χ1v) is 35.8. The molecule has 0 aliphatic rings. The number of aromatic hydroxyl groups is 3. The SMILES string of the molecule is CCN(CC)c1ccc(-c2nc(-c3cc(C)c(O)c(C)c3)n(CC)c2-c2ccc(N(CC)CC)cc2)cc1.Cc1cc(-c2nc(-c3ccc(N(C)C)cc3)c(-c3ccc(N(C)C)cc3)[nH]2)cc(C)c1O.Cc1cc(-c2nc(-c3ccc(N(C)C)cc3)c(-c3ccc(N(C)C)cc3)n2C)cc(C)c1O. The minimum Gasteiger partial charge on any atom is -0.507 e. The number of aromatic nitrogens is 6. The van der Waals surface area contributed by atoms with E-state index in [9.17, 15) is 15.3 Å². The van der Waals surface area contributed by atoms with Gasteiger partial charge in [-0.25, -0.2) is 15.0 Å². The van der Waals surface area contributed by atoms with Crippen LogP contribution in [-0.2, 0) is 13.6 Å². The molecule has 0 radical (unpaired) electrons. The molecule has 15 heteroatoms. The first-order valence-electron chi connectivity index (χ1n) is 35.8. The average Bonchev–Trinajstić information content (AvgIpc) is 1.62. The molecule has 0 amide bonds. The number of benzene rings is 9. The summed E-state index contributed by atoms with van der Waals surface area (Å²) in [5.74, 6) is 3.60. The van der Waals surface area contributed by atoms with E-state index in [-0.39, 0.29) is 0 Å². The average molecular weight is 1380 g/mol. The summed E-state index contributed by atoms with van der Waals surface area (Å²) in [7, 11) is 18.4. The summed E-state index contributed by atoms with van der Waals surface area (Å²) in [6.07, 6.45) is 0. The lowest BCUT2D eigenvalue weighted by atomic mass is 10.0. The molecule has 9 aromatic carbocycles. The first kappa shape index (κ1) is 74.5. The number of phenols is 3. The van der Waals surface area contributed by atoms with Crippen molar-refractivity contribution in [2.45, 2.75) is 82.7 Å². The van der Waals surface area contributed by atoms with Crippen molar-refractivity contribution in [3.63, 3.8) is 0 Å². The lowest BCUT2D eigenvalue weighted by molar-refractivity contribution is 0.466. The smallest absolute Gasteiger partial charge is 0.141 e. The lowest BCUT2D eigenvalue weighted by Gasteiger charge is -2.21. The zero-order chi connectivity index (χ0) is 74.2. The molecule has 0 spiro atoms. The van der Waals surface area contributed by atoms with Gasteiger partial charge in [0.15, 0.2) is 0 Å². The van der Waals surface area contributed by atoms with E-state index in [2.05, 4.69) is 231 Å². The molecule has 12 rings (SSSR count). The van der Waals surface area contributed by atoms with E-state index in [0.717, 1.165) is 191 Å². The molecule has 534 valence electrons. The van der Waals surface area contributed by atoms with Crippen molar-refractivity contribution in [2.75, 3.05) is 112 Å². The fourth-order valence-corrected chi connectivity index (χ4v) is 13.5. The molecular weight excluding hydrogens is 1270 g/mol. The molecule has 0 atom stereocenters. The molecule has 0 unspecified atom stereocenters. The van der Waals surface area contributed by atoms with Crippen LogP contribution in [0.5, 0.6) is 17.2 Å². The molecule has 0 aliphatic carbocycles. The summed E-state index contributed by atoms with van der Waals surface area (Å²) in [5.41, 5.74) is 27.7. The fourth-order valence-electron chi connectivity index (χ4n) is 13.5. The van der Waals surface area contributed by atoms with Crippen LogP contribution in [0.2, 0.25) is 0 Å². The van der Waals surface area contributed by atoms with Gasteiger partial charge in [-0.15, -0.1) is 0 Å². The van der Waals surface area contributed by atoms with Crippen LogP contribution in [0, 0.1) is 41.5 Å². The molecule has 0 saturated heterocycles. The molecule has 0 aliphatic heterocycles. The second-order valence-electron chi connectivity index (χ2n) is 27.5. The number of hydrogen-bond acceptors (Lipinski definition) is 12. The Hall–Kier alpha value is -11.2. The van der Waals surface area contributed by atoms with Crippen molar-refractivity contribution in [3.05, 3.63) is 215 Å². The van der Waals surface area contributed by atoms with Crippen molar-refractivity contribution >= 4 is 34.1 Å². The molecular formula is C88H104N12O3. The van der Waals surface area contributed by atoms with Crippen LogP contribution >= 0.6 is 0 Å². The lowest BCUT2D eigenvalue weighted by Crippen LogP contribution is -2.21. The van der Waals surface area contributed by atoms with Gasteiger partial charge in [0.05, 0.1) is 34.2 Å². The van der Waals surface area contributed by atoms with Gasteiger partial charge >= 0.3 is 0 Å². The molecule has 12 aromatic rings. The first-order chi connectivity index (χ1) is 49.3. The van der Waals surface area contributed by atoms with Gasteiger partial charge in [0.2, 0.25) is 0 Å². The molecule has 0 saturated carbocycles. The summed E-state index contributed by atoms with van der Waals surface area (Å²) < 4.78 is 4.47. The van der Waals surface area contributed by atoms with E-state index in [1.54, 1.807) is 0 Å². The number of H-pyrrole nitrogens is 1. The van der Waals surface area contributed by atoms with E-state index in [1.807, 2.05) is 134 Å².